The average Bonchev–Trinajstić information content (AvgIpc) is 3.60. The van der Waals surface area contributed by atoms with Crippen molar-refractivity contribution in [3.8, 4) is 50.7 Å². The van der Waals surface area contributed by atoms with Gasteiger partial charge in [-0.15, -0.1) is 0 Å². The standard InChI is InChI=1S/C51H35N5/c1-35-15-11-12-32-55(40-20-9-4-10-21-40)47-23-13-22-42(49(35)47)39-27-30-46-43(33-39)50-48(24-14-31-52-50)56(46)41-28-25-37(26-29-41)45-34-44(36-16-5-2-6-17-36)53-51(54-45)38-18-7-3-8-19-38/h2-34H,1H2/b15-11-,32-12-. The van der Waals surface area contributed by atoms with Crippen LogP contribution in [0.2, 0.25) is 0 Å². The summed E-state index contributed by atoms with van der Waals surface area (Å²) in [7, 11) is 0. The molecule has 1 aliphatic heterocycles. The van der Waals surface area contributed by atoms with Crippen molar-refractivity contribution in [2.24, 2.45) is 0 Å². The second kappa shape index (κ2) is 14.0. The van der Waals surface area contributed by atoms with Crippen molar-refractivity contribution < 1.29 is 0 Å². The molecule has 5 heteroatoms. The zero-order valence-corrected chi connectivity index (χ0v) is 30.5. The molecule has 0 N–H and O–H groups in total. The highest BCUT2D eigenvalue weighted by molar-refractivity contribution is 6.09. The number of anilines is 2. The van der Waals surface area contributed by atoms with E-state index in [4.69, 9.17) is 15.0 Å². The van der Waals surface area contributed by atoms with Crippen LogP contribution in [0.1, 0.15) is 5.56 Å². The van der Waals surface area contributed by atoms with E-state index in [2.05, 4.69) is 162 Å². The molecule has 0 spiro atoms. The van der Waals surface area contributed by atoms with Crippen molar-refractivity contribution in [2.75, 3.05) is 4.90 Å². The van der Waals surface area contributed by atoms with Crippen LogP contribution in [0.25, 0.3) is 78.2 Å². The molecule has 56 heavy (non-hydrogen) atoms. The number of aromatic nitrogens is 4. The number of allylic oxidation sites excluding steroid dienone is 4. The molecule has 0 atom stereocenters. The summed E-state index contributed by atoms with van der Waals surface area (Å²) in [5.74, 6) is 0.699. The minimum atomic E-state index is 0.699. The highest BCUT2D eigenvalue weighted by Gasteiger charge is 2.20. The number of hydrogen-bond donors (Lipinski definition) is 0. The predicted molar refractivity (Wildman–Crippen MR) is 232 cm³/mol. The second-order valence-corrected chi connectivity index (χ2v) is 13.8. The molecule has 9 aromatic rings. The van der Waals surface area contributed by atoms with Gasteiger partial charge in [0.25, 0.3) is 0 Å². The summed E-state index contributed by atoms with van der Waals surface area (Å²) in [4.78, 5) is 17.2. The van der Waals surface area contributed by atoms with Gasteiger partial charge in [0, 0.05) is 51.4 Å². The fraction of sp³-hybridized carbons (Fsp3) is 0. The zero-order valence-electron chi connectivity index (χ0n) is 30.5. The highest BCUT2D eigenvalue weighted by atomic mass is 15.1. The number of rotatable bonds is 6. The van der Waals surface area contributed by atoms with Gasteiger partial charge in [-0.1, -0.05) is 128 Å². The minimum Gasteiger partial charge on any atom is -0.317 e. The smallest absolute Gasteiger partial charge is 0.160 e. The molecule has 3 aromatic heterocycles. The molecule has 0 fully saturated rings. The molecular weight excluding hydrogens is 683 g/mol. The Morgan fingerprint density at radius 3 is 1.93 bits per heavy atom. The van der Waals surface area contributed by atoms with E-state index in [1.165, 1.54) is 0 Å². The van der Waals surface area contributed by atoms with Crippen LogP contribution in [0.15, 0.2) is 207 Å². The lowest BCUT2D eigenvalue weighted by Gasteiger charge is -2.27. The summed E-state index contributed by atoms with van der Waals surface area (Å²) in [6.07, 6.45) is 10.2. The summed E-state index contributed by atoms with van der Waals surface area (Å²) in [5.41, 5.74) is 15.4. The van der Waals surface area contributed by atoms with Crippen molar-refractivity contribution in [2.45, 2.75) is 0 Å². The van der Waals surface area contributed by atoms with Gasteiger partial charge in [0.05, 0.1) is 33.6 Å². The number of para-hydroxylation sites is 1. The van der Waals surface area contributed by atoms with Gasteiger partial charge in [-0.2, -0.15) is 0 Å². The Morgan fingerprint density at radius 1 is 0.500 bits per heavy atom. The van der Waals surface area contributed by atoms with Crippen LogP contribution < -0.4 is 4.90 Å². The molecule has 0 bridgehead atoms. The number of benzene rings is 6. The highest BCUT2D eigenvalue weighted by Crippen LogP contribution is 2.42. The maximum atomic E-state index is 5.05. The first-order valence-corrected chi connectivity index (χ1v) is 18.7. The van der Waals surface area contributed by atoms with Crippen molar-refractivity contribution >= 4 is 38.9 Å². The molecule has 0 saturated heterocycles. The second-order valence-electron chi connectivity index (χ2n) is 13.8. The van der Waals surface area contributed by atoms with E-state index in [0.717, 1.165) is 89.3 Å². The average molecular weight is 718 g/mol. The molecule has 0 radical (unpaired) electrons. The van der Waals surface area contributed by atoms with Crippen molar-refractivity contribution in [3.63, 3.8) is 0 Å². The molecule has 10 rings (SSSR count). The van der Waals surface area contributed by atoms with Gasteiger partial charge in [0.1, 0.15) is 0 Å². The maximum absolute atomic E-state index is 5.05. The fourth-order valence-corrected chi connectivity index (χ4v) is 7.73. The first-order valence-electron chi connectivity index (χ1n) is 18.7. The maximum Gasteiger partial charge on any atom is 0.160 e. The monoisotopic (exact) mass is 717 g/mol. The van der Waals surface area contributed by atoms with Gasteiger partial charge in [0.15, 0.2) is 5.82 Å². The van der Waals surface area contributed by atoms with Gasteiger partial charge in [-0.05, 0) is 83.4 Å². The predicted octanol–water partition coefficient (Wildman–Crippen LogP) is 12.9. The molecule has 0 amide bonds. The Labute approximate surface area is 325 Å². The van der Waals surface area contributed by atoms with Crippen LogP contribution in [0.3, 0.4) is 0 Å². The normalized spacial score (nSPS) is 13.6. The Kier molecular flexibility index (Phi) is 8.23. The van der Waals surface area contributed by atoms with Crippen molar-refractivity contribution in [1.29, 1.82) is 0 Å². The molecule has 5 nitrogen and oxygen atoms in total. The van der Waals surface area contributed by atoms with E-state index < -0.39 is 0 Å². The van der Waals surface area contributed by atoms with Crippen LogP contribution in [0, 0.1) is 0 Å². The molecule has 0 saturated carbocycles. The molecule has 0 aliphatic carbocycles. The van der Waals surface area contributed by atoms with Gasteiger partial charge in [-0.3, -0.25) is 4.98 Å². The third-order valence-electron chi connectivity index (χ3n) is 10.4. The number of nitrogens with zero attached hydrogens (tertiary/aromatic N) is 5. The van der Waals surface area contributed by atoms with Gasteiger partial charge >= 0.3 is 0 Å². The summed E-state index contributed by atoms with van der Waals surface area (Å²) < 4.78 is 2.30. The van der Waals surface area contributed by atoms with Crippen LogP contribution in [-0.4, -0.2) is 19.5 Å². The Morgan fingerprint density at radius 2 is 1.18 bits per heavy atom. The summed E-state index contributed by atoms with van der Waals surface area (Å²) in [6, 6.07) is 59.0. The summed E-state index contributed by atoms with van der Waals surface area (Å²) >= 11 is 0. The quantitative estimate of drug-likeness (QED) is 0.172. The van der Waals surface area contributed by atoms with Crippen LogP contribution in [0.4, 0.5) is 11.4 Å². The van der Waals surface area contributed by atoms with E-state index >= 15 is 0 Å². The molecule has 0 unspecified atom stereocenters. The van der Waals surface area contributed by atoms with Gasteiger partial charge < -0.3 is 9.47 Å². The SMILES string of the molecule is C=C1/C=C\C=C/N(c2ccccc2)c2cccc(-c3ccc4c(c3)c3ncccc3n4-c3ccc(-c4cc(-c5ccccc5)nc(-c5ccccc5)n4)cc3)c21. The lowest BCUT2D eigenvalue weighted by molar-refractivity contribution is 1.17. The minimum absolute atomic E-state index is 0.699. The van der Waals surface area contributed by atoms with Crippen LogP contribution >= 0.6 is 0 Å². The van der Waals surface area contributed by atoms with Crippen LogP contribution in [0.5, 0.6) is 0 Å². The lowest BCUT2D eigenvalue weighted by Crippen LogP contribution is -2.11. The van der Waals surface area contributed by atoms with E-state index in [-0.39, 0.29) is 0 Å². The fourth-order valence-electron chi connectivity index (χ4n) is 7.73. The topological polar surface area (TPSA) is 46.8 Å². The molecular formula is C51H35N5. The van der Waals surface area contributed by atoms with Gasteiger partial charge in [-0.25, -0.2) is 9.97 Å². The third-order valence-corrected chi connectivity index (χ3v) is 10.4. The molecule has 264 valence electrons. The number of fused-ring (bicyclic) bond motifs is 4. The van der Waals surface area contributed by atoms with Gasteiger partial charge in [0.2, 0.25) is 0 Å². The Bertz CT molecular complexity index is 2900. The lowest BCUT2D eigenvalue weighted by atomic mass is 9.91. The van der Waals surface area contributed by atoms with E-state index in [1.807, 2.05) is 54.7 Å². The van der Waals surface area contributed by atoms with E-state index in [1.54, 1.807) is 0 Å². The molecule has 1 aliphatic rings. The Balaban J connectivity index is 1.08. The Hall–Kier alpha value is -7.63. The van der Waals surface area contributed by atoms with Crippen molar-refractivity contribution in [3.05, 3.63) is 213 Å². The zero-order chi connectivity index (χ0) is 37.4. The summed E-state index contributed by atoms with van der Waals surface area (Å²) in [5, 5.41) is 1.09. The first-order chi connectivity index (χ1) is 27.7. The molecule has 6 aromatic carbocycles. The third kappa shape index (κ3) is 5.88. The largest absolute Gasteiger partial charge is 0.317 e. The van der Waals surface area contributed by atoms with E-state index in [9.17, 15) is 0 Å². The summed E-state index contributed by atoms with van der Waals surface area (Å²) in [6.45, 7) is 4.52. The number of hydrogen-bond acceptors (Lipinski definition) is 4. The first kappa shape index (κ1) is 33.0. The van der Waals surface area contributed by atoms with Crippen LogP contribution in [-0.2, 0) is 0 Å². The molecule has 4 heterocycles. The number of pyridine rings is 1. The van der Waals surface area contributed by atoms with E-state index in [0.29, 0.717) is 5.82 Å². The van der Waals surface area contributed by atoms with Crippen molar-refractivity contribution in [1.82, 2.24) is 19.5 Å².